The van der Waals surface area contributed by atoms with Crippen molar-refractivity contribution in [3.63, 3.8) is 0 Å². The molecule has 14 nitrogen and oxygen atoms in total. The van der Waals surface area contributed by atoms with Gasteiger partial charge in [-0.1, -0.05) is 36.5 Å². The van der Waals surface area contributed by atoms with E-state index in [4.69, 9.17) is 34.2 Å². The predicted molar refractivity (Wildman–Crippen MR) is 194 cm³/mol. The minimum Gasteiger partial charge on any atom is -0.466 e. The maximum atomic E-state index is 12.8. The standard InChI is InChI=1S/C37H56N6O8/c1-5-50-34(45)27-30(31-15-17-33(44)42(28-31)20-22-48-24-26-49-25-23-47-21-18-39-41-38)11-8-6-7-9-13-32-16-14-29-12-10-19-43(35(29)40-32)36(46)51-37(2,3)4/h14-17,28,30H,5-13,18-27H2,1-4H3/t30-/m1/s1. The van der Waals surface area contributed by atoms with Crippen molar-refractivity contribution in [1.82, 2.24) is 9.55 Å². The zero-order valence-corrected chi connectivity index (χ0v) is 30.8. The Hall–Kier alpha value is -3.97. The Bertz CT molecular complexity index is 1470. The maximum absolute atomic E-state index is 12.8. The highest BCUT2D eigenvalue weighted by Crippen LogP contribution is 2.29. The number of amides is 1. The molecule has 3 rings (SSSR count). The SMILES string of the molecule is CCOC(=O)C[C@@H](CCCCCCc1ccc2c(n1)N(C(=O)OC(C)(C)C)CCC2)c1ccc(=O)n(CCOCCOCCOCCN=[N+]=[N-])c1. The summed E-state index contributed by atoms with van der Waals surface area (Å²) in [7, 11) is 0. The molecule has 1 atom stereocenters. The van der Waals surface area contributed by atoms with Gasteiger partial charge in [-0.25, -0.2) is 9.78 Å². The van der Waals surface area contributed by atoms with Gasteiger partial charge in [0.05, 0.1) is 52.7 Å². The number of esters is 1. The average Bonchev–Trinajstić information content (AvgIpc) is 3.09. The smallest absolute Gasteiger partial charge is 0.416 e. The third-order valence-electron chi connectivity index (χ3n) is 8.26. The molecule has 2 aromatic heterocycles. The van der Waals surface area contributed by atoms with Gasteiger partial charge >= 0.3 is 12.1 Å². The highest BCUT2D eigenvalue weighted by Gasteiger charge is 2.28. The number of ether oxygens (including phenoxy) is 5. The van der Waals surface area contributed by atoms with Crippen molar-refractivity contribution in [1.29, 1.82) is 0 Å². The molecule has 51 heavy (non-hydrogen) atoms. The van der Waals surface area contributed by atoms with E-state index in [1.165, 1.54) is 0 Å². The zero-order chi connectivity index (χ0) is 36.9. The molecule has 0 radical (unpaired) electrons. The van der Waals surface area contributed by atoms with Crippen LogP contribution in [0, 0.1) is 0 Å². The Kier molecular flexibility index (Phi) is 18.5. The van der Waals surface area contributed by atoms with E-state index in [1.807, 2.05) is 33.0 Å². The van der Waals surface area contributed by atoms with Crippen LogP contribution < -0.4 is 10.5 Å². The first-order valence-corrected chi connectivity index (χ1v) is 18.2. The molecule has 0 N–H and O–H groups in total. The molecule has 0 spiro atoms. The number of unbranched alkanes of at least 4 members (excludes halogenated alkanes) is 3. The number of aryl methyl sites for hydroxylation is 2. The largest absolute Gasteiger partial charge is 0.466 e. The molecule has 1 aliphatic heterocycles. The summed E-state index contributed by atoms with van der Waals surface area (Å²) < 4.78 is 28.9. The first-order valence-electron chi connectivity index (χ1n) is 18.2. The van der Waals surface area contributed by atoms with Crippen LogP contribution in [0.3, 0.4) is 0 Å². The molecule has 0 aliphatic carbocycles. The van der Waals surface area contributed by atoms with Crippen molar-refractivity contribution in [2.75, 3.05) is 64.2 Å². The number of carbonyl (C=O) groups is 2. The number of azide groups is 1. The number of anilines is 1. The van der Waals surface area contributed by atoms with E-state index in [9.17, 15) is 14.4 Å². The van der Waals surface area contributed by atoms with Gasteiger partial charge in [0.15, 0.2) is 0 Å². The molecule has 0 bridgehead atoms. The number of carbonyl (C=O) groups excluding carboxylic acids is 2. The van der Waals surface area contributed by atoms with Crippen LogP contribution in [-0.4, -0.2) is 86.6 Å². The van der Waals surface area contributed by atoms with E-state index >= 15 is 0 Å². The molecule has 0 unspecified atom stereocenters. The fourth-order valence-electron chi connectivity index (χ4n) is 5.79. The highest BCUT2D eigenvalue weighted by molar-refractivity contribution is 5.88. The van der Waals surface area contributed by atoms with Crippen LogP contribution in [0.1, 0.15) is 95.4 Å². The molecule has 1 aliphatic rings. The fourth-order valence-corrected chi connectivity index (χ4v) is 5.79. The molecule has 3 heterocycles. The quantitative estimate of drug-likeness (QED) is 0.0410. The number of rotatable bonds is 23. The lowest BCUT2D eigenvalue weighted by atomic mass is 9.91. The average molecular weight is 713 g/mol. The van der Waals surface area contributed by atoms with Gasteiger partial charge in [0.1, 0.15) is 11.4 Å². The number of fused-ring (bicyclic) bond motifs is 1. The van der Waals surface area contributed by atoms with Gasteiger partial charge in [-0.3, -0.25) is 14.5 Å². The lowest BCUT2D eigenvalue weighted by Crippen LogP contribution is -2.40. The molecule has 282 valence electrons. The minimum atomic E-state index is -0.567. The molecular formula is C37H56N6O8. The van der Waals surface area contributed by atoms with E-state index < -0.39 is 5.60 Å². The normalized spacial score (nSPS) is 13.3. The first-order chi connectivity index (χ1) is 24.6. The Morgan fingerprint density at radius 3 is 2.43 bits per heavy atom. The van der Waals surface area contributed by atoms with Gasteiger partial charge in [0, 0.05) is 42.5 Å². The summed E-state index contributed by atoms with van der Waals surface area (Å²) in [6.45, 7) is 11.3. The predicted octanol–water partition coefficient (Wildman–Crippen LogP) is 6.52. The molecular weight excluding hydrogens is 656 g/mol. The van der Waals surface area contributed by atoms with Crippen molar-refractivity contribution in [2.45, 2.75) is 104 Å². The summed E-state index contributed by atoms with van der Waals surface area (Å²) in [6.07, 6.45) is 9.02. The molecule has 0 fully saturated rings. The van der Waals surface area contributed by atoms with Crippen molar-refractivity contribution in [2.24, 2.45) is 5.11 Å². The molecule has 2 aromatic rings. The van der Waals surface area contributed by atoms with Crippen molar-refractivity contribution in [3.8, 4) is 0 Å². The van der Waals surface area contributed by atoms with Crippen LogP contribution in [0.25, 0.3) is 10.4 Å². The Morgan fingerprint density at radius 2 is 1.71 bits per heavy atom. The number of hydrogen-bond donors (Lipinski definition) is 0. The maximum Gasteiger partial charge on any atom is 0.416 e. The number of pyridine rings is 2. The summed E-state index contributed by atoms with van der Waals surface area (Å²) in [6, 6.07) is 7.52. The van der Waals surface area contributed by atoms with E-state index in [0.717, 1.165) is 74.0 Å². The third kappa shape index (κ3) is 15.9. The second kappa shape index (κ2) is 22.8. The third-order valence-corrected chi connectivity index (χ3v) is 8.26. The van der Waals surface area contributed by atoms with Crippen molar-refractivity contribution < 1.29 is 33.3 Å². The van der Waals surface area contributed by atoms with Gasteiger partial charge in [-0.05, 0) is 88.4 Å². The Morgan fingerprint density at radius 1 is 0.980 bits per heavy atom. The second-order valence-corrected chi connectivity index (χ2v) is 13.5. The summed E-state index contributed by atoms with van der Waals surface area (Å²) in [5.74, 6) is 0.402. The van der Waals surface area contributed by atoms with Crippen LogP contribution >= 0.6 is 0 Å². The van der Waals surface area contributed by atoms with E-state index in [2.05, 4.69) is 22.2 Å². The molecule has 0 saturated carbocycles. The lowest BCUT2D eigenvalue weighted by molar-refractivity contribution is -0.143. The van der Waals surface area contributed by atoms with E-state index in [0.29, 0.717) is 65.9 Å². The van der Waals surface area contributed by atoms with Crippen LogP contribution in [0.5, 0.6) is 0 Å². The second-order valence-electron chi connectivity index (χ2n) is 13.5. The number of aromatic nitrogens is 2. The summed E-state index contributed by atoms with van der Waals surface area (Å²) in [5, 5.41) is 3.40. The van der Waals surface area contributed by atoms with Gasteiger partial charge in [-0.2, -0.15) is 0 Å². The Labute approximate surface area is 301 Å². The molecule has 0 saturated heterocycles. The Balaban J connectivity index is 1.45. The number of hydrogen-bond acceptors (Lipinski definition) is 10. The van der Waals surface area contributed by atoms with Crippen LogP contribution in [-0.2, 0) is 47.9 Å². The van der Waals surface area contributed by atoms with Gasteiger partial charge in [0.2, 0.25) is 0 Å². The lowest BCUT2D eigenvalue weighted by Gasteiger charge is -2.31. The number of nitrogens with zero attached hydrogens (tertiary/aromatic N) is 6. The van der Waals surface area contributed by atoms with Crippen molar-refractivity contribution >= 4 is 17.9 Å². The fraction of sp³-hybridized carbons (Fsp3) is 0.676. The van der Waals surface area contributed by atoms with Gasteiger partial charge in [-0.15, -0.1) is 0 Å². The van der Waals surface area contributed by atoms with Gasteiger partial charge < -0.3 is 28.3 Å². The van der Waals surface area contributed by atoms with Gasteiger partial charge in [0.25, 0.3) is 5.56 Å². The molecule has 1 amide bonds. The van der Waals surface area contributed by atoms with Crippen molar-refractivity contribution in [3.05, 3.63) is 68.1 Å². The molecule has 0 aromatic carbocycles. The van der Waals surface area contributed by atoms with Crippen LogP contribution in [0.2, 0.25) is 0 Å². The monoisotopic (exact) mass is 712 g/mol. The zero-order valence-electron chi connectivity index (χ0n) is 30.8. The van der Waals surface area contributed by atoms with Crippen LogP contribution in [0.4, 0.5) is 10.6 Å². The summed E-state index contributed by atoms with van der Waals surface area (Å²) in [4.78, 5) is 47.2. The topological polar surface area (TPSA) is 167 Å². The first kappa shape index (κ1) is 41.5. The van der Waals surface area contributed by atoms with E-state index in [-0.39, 0.29) is 30.0 Å². The van der Waals surface area contributed by atoms with Crippen LogP contribution in [0.15, 0.2) is 40.4 Å². The minimum absolute atomic E-state index is 0.0692. The van der Waals surface area contributed by atoms with E-state index in [1.54, 1.807) is 22.5 Å². The summed E-state index contributed by atoms with van der Waals surface area (Å²) in [5.41, 5.74) is 10.5. The summed E-state index contributed by atoms with van der Waals surface area (Å²) >= 11 is 0. The molecule has 14 heteroatoms. The highest BCUT2D eigenvalue weighted by atomic mass is 16.6.